The van der Waals surface area contributed by atoms with Crippen LogP contribution >= 0.6 is 0 Å². The molecule has 4 aromatic rings. The number of aromatic nitrogens is 4. The van der Waals surface area contributed by atoms with Gasteiger partial charge in [-0.25, -0.2) is 14.1 Å². The number of carbonyl (C=O) groups is 2. The van der Waals surface area contributed by atoms with Gasteiger partial charge in [-0.05, 0) is 55.5 Å². The number of halogens is 1. The summed E-state index contributed by atoms with van der Waals surface area (Å²) in [5, 5.41) is 7.22. The third-order valence-corrected chi connectivity index (χ3v) is 4.96. The summed E-state index contributed by atoms with van der Waals surface area (Å²) < 4.78 is 16.1. The van der Waals surface area contributed by atoms with Gasteiger partial charge in [0, 0.05) is 24.2 Å². The molecule has 32 heavy (non-hydrogen) atoms. The van der Waals surface area contributed by atoms with Crippen molar-refractivity contribution in [3.8, 4) is 5.69 Å². The fourth-order valence-corrected chi connectivity index (χ4v) is 3.30. The number of nitrogens with zero attached hydrogens (tertiary/aromatic N) is 4. The van der Waals surface area contributed by atoms with Crippen molar-refractivity contribution in [2.24, 2.45) is 5.73 Å². The lowest BCUT2D eigenvalue weighted by Crippen LogP contribution is -2.26. The van der Waals surface area contributed by atoms with Crippen LogP contribution in [0.5, 0.6) is 0 Å². The number of primary amides is 1. The molecular weight excluding hydrogens is 415 g/mol. The van der Waals surface area contributed by atoms with Crippen molar-refractivity contribution in [3.63, 3.8) is 0 Å². The molecule has 0 saturated carbocycles. The van der Waals surface area contributed by atoms with Crippen LogP contribution in [0.15, 0.2) is 59.5 Å². The third kappa shape index (κ3) is 4.10. The molecule has 9 nitrogen and oxygen atoms in total. The molecule has 0 bridgehead atoms. The van der Waals surface area contributed by atoms with E-state index < -0.39 is 5.91 Å². The first-order chi connectivity index (χ1) is 15.3. The van der Waals surface area contributed by atoms with Crippen molar-refractivity contribution in [1.29, 1.82) is 0 Å². The number of hydrogen-bond acceptors (Lipinski definition) is 5. The molecule has 4 rings (SSSR count). The third-order valence-electron chi connectivity index (χ3n) is 4.96. The Morgan fingerprint density at radius 2 is 1.78 bits per heavy atom. The van der Waals surface area contributed by atoms with Crippen LogP contribution in [-0.2, 0) is 11.3 Å². The van der Waals surface area contributed by atoms with Gasteiger partial charge in [0.15, 0.2) is 5.65 Å². The van der Waals surface area contributed by atoms with Crippen molar-refractivity contribution in [3.05, 3.63) is 82.3 Å². The van der Waals surface area contributed by atoms with Gasteiger partial charge in [0.05, 0.1) is 11.9 Å². The second-order valence-corrected chi connectivity index (χ2v) is 7.13. The van der Waals surface area contributed by atoms with E-state index in [9.17, 15) is 18.8 Å². The lowest BCUT2D eigenvalue weighted by atomic mass is 10.2. The highest BCUT2D eigenvalue weighted by Gasteiger charge is 2.15. The van der Waals surface area contributed by atoms with Gasteiger partial charge in [-0.3, -0.25) is 19.0 Å². The van der Waals surface area contributed by atoms with Crippen molar-refractivity contribution in [2.45, 2.75) is 19.9 Å². The maximum Gasteiger partial charge on any atom is 0.264 e. The van der Waals surface area contributed by atoms with Crippen molar-refractivity contribution in [2.75, 3.05) is 5.32 Å². The Hall–Kier alpha value is -4.34. The fourth-order valence-electron chi connectivity index (χ4n) is 3.30. The minimum atomic E-state index is -0.552. The highest BCUT2D eigenvalue weighted by Crippen LogP contribution is 2.15. The molecule has 2 heterocycles. The predicted molar refractivity (Wildman–Crippen MR) is 116 cm³/mol. The Bertz CT molecular complexity index is 1370. The summed E-state index contributed by atoms with van der Waals surface area (Å²) in [4.78, 5) is 40.9. The van der Waals surface area contributed by atoms with Gasteiger partial charge in [0.2, 0.25) is 11.8 Å². The molecule has 0 aliphatic heterocycles. The Morgan fingerprint density at radius 3 is 2.44 bits per heavy atom. The van der Waals surface area contributed by atoms with E-state index in [1.807, 2.05) is 0 Å². The summed E-state index contributed by atoms with van der Waals surface area (Å²) in [6, 6.07) is 11.9. The Kier molecular flexibility index (Phi) is 5.50. The lowest BCUT2D eigenvalue weighted by Gasteiger charge is -2.11. The second kappa shape index (κ2) is 8.42. The quantitative estimate of drug-likeness (QED) is 0.481. The van der Waals surface area contributed by atoms with Crippen LogP contribution in [-0.4, -0.2) is 31.1 Å². The van der Waals surface area contributed by atoms with Crippen LogP contribution < -0.4 is 16.6 Å². The average Bonchev–Trinajstić information content (AvgIpc) is 3.18. The minimum Gasteiger partial charge on any atom is -0.366 e. The summed E-state index contributed by atoms with van der Waals surface area (Å²) in [6.45, 7) is 1.80. The van der Waals surface area contributed by atoms with Crippen LogP contribution in [0.25, 0.3) is 16.7 Å². The smallest absolute Gasteiger partial charge is 0.264 e. The van der Waals surface area contributed by atoms with Crippen LogP contribution in [0, 0.1) is 12.7 Å². The molecule has 2 aromatic heterocycles. The molecule has 162 valence electrons. The SMILES string of the molecule is Cc1nc2c(cnn2-c2ccc(F)cc2)c(=O)n1CCC(=O)Nc1ccc(C(N)=O)cc1. The zero-order chi connectivity index (χ0) is 22.8. The summed E-state index contributed by atoms with van der Waals surface area (Å²) in [5.74, 6) is -0.808. The number of fused-ring (bicyclic) bond motifs is 1. The highest BCUT2D eigenvalue weighted by molar-refractivity contribution is 5.94. The molecule has 0 aliphatic rings. The molecule has 0 fully saturated rings. The van der Waals surface area contributed by atoms with Gasteiger partial charge in [-0.15, -0.1) is 0 Å². The number of nitrogens with one attached hydrogen (secondary N) is 1. The maximum atomic E-state index is 13.2. The number of hydrogen-bond donors (Lipinski definition) is 2. The first-order valence-electron chi connectivity index (χ1n) is 9.74. The minimum absolute atomic E-state index is 0.0393. The summed E-state index contributed by atoms with van der Waals surface area (Å²) in [7, 11) is 0. The number of rotatable bonds is 6. The Morgan fingerprint density at radius 1 is 1.09 bits per heavy atom. The maximum absolute atomic E-state index is 13.2. The van der Waals surface area contributed by atoms with E-state index in [2.05, 4.69) is 15.4 Å². The van der Waals surface area contributed by atoms with Crippen molar-refractivity contribution in [1.82, 2.24) is 19.3 Å². The molecule has 10 heteroatoms. The summed E-state index contributed by atoms with van der Waals surface area (Å²) in [5.41, 5.74) is 6.66. The Balaban J connectivity index is 1.52. The van der Waals surface area contributed by atoms with E-state index in [4.69, 9.17) is 5.73 Å². The van der Waals surface area contributed by atoms with E-state index >= 15 is 0 Å². The molecule has 0 saturated heterocycles. The van der Waals surface area contributed by atoms with Crippen LogP contribution in [0.1, 0.15) is 22.6 Å². The first kappa shape index (κ1) is 20.9. The predicted octanol–water partition coefficient (Wildman–Crippen LogP) is 2.16. The molecule has 2 amide bonds. The normalized spacial score (nSPS) is 10.9. The van der Waals surface area contributed by atoms with Crippen LogP contribution in [0.4, 0.5) is 10.1 Å². The van der Waals surface area contributed by atoms with Gasteiger partial charge < -0.3 is 11.1 Å². The molecule has 0 aliphatic carbocycles. The summed E-state index contributed by atoms with van der Waals surface area (Å²) >= 11 is 0. The average molecular weight is 434 g/mol. The Labute approximate surface area is 181 Å². The van der Waals surface area contributed by atoms with Gasteiger partial charge in [0.1, 0.15) is 17.0 Å². The highest BCUT2D eigenvalue weighted by atomic mass is 19.1. The van der Waals surface area contributed by atoms with Gasteiger partial charge in [0.25, 0.3) is 5.56 Å². The fraction of sp³-hybridized carbons (Fsp3) is 0.136. The monoisotopic (exact) mass is 434 g/mol. The zero-order valence-electron chi connectivity index (χ0n) is 17.1. The van der Waals surface area contributed by atoms with Gasteiger partial charge >= 0.3 is 0 Å². The van der Waals surface area contributed by atoms with Crippen LogP contribution in [0.2, 0.25) is 0 Å². The molecule has 0 radical (unpaired) electrons. The van der Waals surface area contributed by atoms with Gasteiger partial charge in [-0.1, -0.05) is 0 Å². The van der Waals surface area contributed by atoms with E-state index in [1.165, 1.54) is 39.7 Å². The molecule has 0 spiro atoms. The summed E-state index contributed by atoms with van der Waals surface area (Å²) in [6.07, 6.45) is 1.45. The lowest BCUT2D eigenvalue weighted by molar-refractivity contribution is -0.116. The number of anilines is 1. The van der Waals surface area contributed by atoms with Crippen LogP contribution in [0.3, 0.4) is 0 Å². The number of carbonyl (C=O) groups excluding carboxylic acids is 2. The molecule has 3 N–H and O–H groups in total. The van der Waals surface area contributed by atoms with E-state index in [-0.39, 0.29) is 30.2 Å². The molecule has 0 atom stereocenters. The molecular formula is C22H19FN6O3. The zero-order valence-corrected chi connectivity index (χ0v) is 17.1. The van der Waals surface area contributed by atoms with Crippen molar-refractivity contribution < 1.29 is 14.0 Å². The molecule has 0 unspecified atom stereocenters. The largest absolute Gasteiger partial charge is 0.366 e. The number of amides is 2. The first-order valence-corrected chi connectivity index (χ1v) is 9.74. The second-order valence-electron chi connectivity index (χ2n) is 7.13. The number of aryl methyl sites for hydroxylation is 1. The topological polar surface area (TPSA) is 125 Å². The molecule has 2 aromatic carbocycles. The van der Waals surface area contributed by atoms with Gasteiger partial charge in [-0.2, -0.15) is 5.10 Å². The van der Waals surface area contributed by atoms with E-state index in [1.54, 1.807) is 31.2 Å². The van der Waals surface area contributed by atoms with Crippen molar-refractivity contribution >= 4 is 28.5 Å². The standard InChI is InChI=1S/C22H19FN6O3/c1-13-26-21-18(12-25-29(21)17-8-4-15(23)5-9-17)22(32)28(13)11-10-19(30)27-16-6-2-14(3-7-16)20(24)31/h2-9,12H,10-11H2,1H3,(H2,24,31)(H,27,30). The van der Waals surface area contributed by atoms with E-state index in [0.717, 1.165) is 0 Å². The number of benzene rings is 2. The van der Waals surface area contributed by atoms with E-state index in [0.29, 0.717) is 33.8 Å². The number of nitrogens with two attached hydrogens (primary N) is 1.